The van der Waals surface area contributed by atoms with Gasteiger partial charge in [0.1, 0.15) is 0 Å². The average Bonchev–Trinajstić information content (AvgIpc) is 2.16. The number of alkyl halides is 3. The van der Waals surface area contributed by atoms with Crippen LogP contribution in [0.25, 0.3) is 0 Å². The third-order valence-corrected chi connectivity index (χ3v) is 2.56. The largest absolute Gasteiger partial charge is 0.416 e. The summed E-state index contributed by atoms with van der Waals surface area (Å²) < 4.78 is 43.3. The highest BCUT2D eigenvalue weighted by Gasteiger charge is 2.34. The van der Waals surface area contributed by atoms with E-state index in [1.165, 1.54) is 19.2 Å². The third-order valence-electron chi connectivity index (χ3n) is 2.07. The molecule has 6 heteroatoms. The predicted molar refractivity (Wildman–Crippen MR) is 57.9 cm³/mol. The van der Waals surface area contributed by atoms with Crippen LogP contribution in [-0.4, -0.2) is 13.7 Å². The van der Waals surface area contributed by atoms with Gasteiger partial charge in [-0.1, -0.05) is 22.0 Å². The first-order valence-electron chi connectivity index (χ1n) is 4.47. The van der Waals surface area contributed by atoms with Crippen molar-refractivity contribution in [2.24, 2.45) is 5.73 Å². The number of rotatable bonds is 3. The van der Waals surface area contributed by atoms with E-state index in [4.69, 9.17) is 10.5 Å². The predicted octanol–water partition coefficient (Wildman–Crippen LogP) is 3.11. The second kappa shape index (κ2) is 5.16. The van der Waals surface area contributed by atoms with Gasteiger partial charge in [0.05, 0.1) is 18.2 Å². The second-order valence-electron chi connectivity index (χ2n) is 3.29. The lowest BCUT2D eigenvalue weighted by atomic mass is 10.0. The number of benzene rings is 1. The van der Waals surface area contributed by atoms with Gasteiger partial charge in [-0.05, 0) is 17.7 Å². The fourth-order valence-electron chi connectivity index (χ4n) is 1.37. The molecule has 90 valence electrons. The molecule has 16 heavy (non-hydrogen) atoms. The van der Waals surface area contributed by atoms with Crippen molar-refractivity contribution in [1.29, 1.82) is 0 Å². The van der Waals surface area contributed by atoms with Gasteiger partial charge < -0.3 is 10.5 Å². The molecule has 0 radical (unpaired) electrons. The van der Waals surface area contributed by atoms with Gasteiger partial charge in [0.2, 0.25) is 0 Å². The number of ether oxygens (including phenoxy) is 1. The van der Waals surface area contributed by atoms with E-state index in [1.54, 1.807) is 0 Å². The van der Waals surface area contributed by atoms with Crippen molar-refractivity contribution in [1.82, 2.24) is 0 Å². The van der Waals surface area contributed by atoms with E-state index < -0.39 is 17.8 Å². The molecule has 0 fully saturated rings. The molecule has 2 N–H and O–H groups in total. The molecule has 0 bridgehead atoms. The molecule has 1 aromatic carbocycles. The van der Waals surface area contributed by atoms with Gasteiger partial charge in [0.25, 0.3) is 0 Å². The molecule has 0 saturated heterocycles. The van der Waals surface area contributed by atoms with Crippen molar-refractivity contribution in [3.63, 3.8) is 0 Å². The summed E-state index contributed by atoms with van der Waals surface area (Å²) in [4.78, 5) is 0. The highest BCUT2D eigenvalue weighted by atomic mass is 79.9. The van der Waals surface area contributed by atoms with Gasteiger partial charge in [0, 0.05) is 11.6 Å². The Bertz CT molecular complexity index is 368. The van der Waals surface area contributed by atoms with Crippen molar-refractivity contribution in [3.05, 3.63) is 33.8 Å². The Hall–Kier alpha value is -0.590. The molecule has 1 atom stereocenters. The average molecular weight is 298 g/mol. The zero-order valence-electron chi connectivity index (χ0n) is 8.51. The molecular weight excluding hydrogens is 287 g/mol. The summed E-state index contributed by atoms with van der Waals surface area (Å²) >= 11 is 3.00. The van der Waals surface area contributed by atoms with Crippen LogP contribution in [0.4, 0.5) is 13.2 Å². The second-order valence-corrected chi connectivity index (χ2v) is 4.21. The van der Waals surface area contributed by atoms with Gasteiger partial charge in [-0.25, -0.2) is 0 Å². The molecule has 1 aromatic rings. The van der Waals surface area contributed by atoms with Crippen molar-refractivity contribution in [3.8, 4) is 0 Å². The Balaban J connectivity index is 3.18. The molecule has 0 heterocycles. The van der Waals surface area contributed by atoms with Crippen LogP contribution in [-0.2, 0) is 10.9 Å². The number of methoxy groups -OCH3 is 1. The van der Waals surface area contributed by atoms with Crippen molar-refractivity contribution < 1.29 is 17.9 Å². The zero-order chi connectivity index (χ0) is 12.3. The maximum atomic E-state index is 12.7. The minimum atomic E-state index is -4.41. The van der Waals surface area contributed by atoms with E-state index in [1.807, 2.05) is 0 Å². The van der Waals surface area contributed by atoms with Crippen molar-refractivity contribution in [2.75, 3.05) is 13.7 Å². The smallest absolute Gasteiger partial charge is 0.383 e. The fraction of sp³-hybridized carbons (Fsp3) is 0.400. The summed E-state index contributed by atoms with van der Waals surface area (Å²) in [6, 6.07) is 3.12. The highest BCUT2D eigenvalue weighted by molar-refractivity contribution is 9.10. The van der Waals surface area contributed by atoms with Crippen LogP contribution in [0.1, 0.15) is 17.2 Å². The molecule has 0 amide bonds. The standard InChI is InChI=1S/C10H11BrF3NO/c1-16-5-9(15)7-3-2-6(11)4-8(7)10(12,13)14/h2-4,9H,5,15H2,1H3/t9-/m1/s1. The molecule has 0 aromatic heterocycles. The van der Waals surface area contributed by atoms with Gasteiger partial charge in [-0.2, -0.15) is 13.2 Å². The molecule has 0 aliphatic rings. The van der Waals surface area contributed by atoms with Crippen LogP contribution < -0.4 is 5.73 Å². The Morgan fingerprint density at radius 2 is 2.06 bits per heavy atom. The van der Waals surface area contributed by atoms with Crippen LogP contribution in [0.15, 0.2) is 22.7 Å². The summed E-state index contributed by atoms with van der Waals surface area (Å²) in [6.45, 7) is 0.0463. The van der Waals surface area contributed by atoms with Crippen molar-refractivity contribution in [2.45, 2.75) is 12.2 Å². The Labute approximate surface area is 99.7 Å². The normalized spacial score (nSPS) is 13.9. The van der Waals surface area contributed by atoms with Crippen LogP contribution in [0.5, 0.6) is 0 Å². The van der Waals surface area contributed by atoms with Crippen LogP contribution in [0, 0.1) is 0 Å². The topological polar surface area (TPSA) is 35.2 Å². The van der Waals surface area contributed by atoms with Crippen LogP contribution in [0.2, 0.25) is 0 Å². The first-order valence-corrected chi connectivity index (χ1v) is 5.26. The van der Waals surface area contributed by atoms with E-state index >= 15 is 0 Å². The highest BCUT2D eigenvalue weighted by Crippen LogP contribution is 2.35. The van der Waals surface area contributed by atoms with E-state index in [9.17, 15) is 13.2 Å². The van der Waals surface area contributed by atoms with E-state index in [2.05, 4.69) is 15.9 Å². The van der Waals surface area contributed by atoms with E-state index in [0.717, 1.165) is 6.07 Å². The maximum Gasteiger partial charge on any atom is 0.416 e. The third kappa shape index (κ3) is 3.20. The molecule has 0 unspecified atom stereocenters. The fourth-order valence-corrected chi connectivity index (χ4v) is 1.73. The lowest BCUT2D eigenvalue weighted by molar-refractivity contribution is -0.138. The zero-order valence-corrected chi connectivity index (χ0v) is 10.1. The van der Waals surface area contributed by atoms with Crippen LogP contribution >= 0.6 is 15.9 Å². The molecular formula is C10H11BrF3NO. The molecule has 0 aliphatic heterocycles. The van der Waals surface area contributed by atoms with E-state index in [0.29, 0.717) is 4.47 Å². The van der Waals surface area contributed by atoms with Gasteiger partial charge in [-0.15, -0.1) is 0 Å². The number of hydrogen-bond donors (Lipinski definition) is 1. The maximum absolute atomic E-state index is 12.7. The molecule has 0 aliphatic carbocycles. The summed E-state index contributed by atoms with van der Waals surface area (Å²) in [7, 11) is 1.39. The minimum Gasteiger partial charge on any atom is -0.383 e. The van der Waals surface area contributed by atoms with Gasteiger partial charge in [0.15, 0.2) is 0 Å². The Morgan fingerprint density at radius 3 is 2.56 bits per heavy atom. The Morgan fingerprint density at radius 1 is 1.44 bits per heavy atom. The Kier molecular flexibility index (Phi) is 4.35. The summed E-state index contributed by atoms with van der Waals surface area (Å²) in [5, 5.41) is 0. The lowest BCUT2D eigenvalue weighted by Gasteiger charge is -2.18. The first kappa shape index (κ1) is 13.5. The molecule has 0 spiro atoms. The monoisotopic (exact) mass is 297 g/mol. The number of nitrogens with two attached hydrogens (primary N) is 1. The summed E-state index contributed by atoms with van der Waals surface area (Å²) in [5.74, 6) is 0. The van der Waals surface area contributed by atoms with Crippen LogP contribution in [0.3, 0.4) is 0 Å². The van der Waals surface area contributed by atoms with Gasteiger partial charge >= 0.3 is 6.18 Å². The molecule has 1 rings (SSSR count). The SMILES string of the molecule is COC[C@@H](N)c1ccc(Br)cc1C(F)(F)F. The molecule has 2 nitrogen and oxygen atoms in total. The van der Waals surface area contributed by atoms with Gasteiger partial charge in [-0.3, -0.25) is 0 Å². The lowest BCUT2D eigenvalue weighted by Crippen LogP contribution is -2.21. The summed E-state index contributed by atoms with van der Waals surface area (Å²) in [6.07, 6.45) is -4.41. The first-order chi connectivity index (χ1) is 7.36. The number of hydrogen-bond acceptors (Lipinski definition) is 2. The molecule has 0 saturated carbocycles. The summed E-state index contributed by atoms with van der Waals surface area (Å²) in [5.41, 5.74) is 4.92. The van der Waals surface area contributed by atoms with Crippen molar-refractivity contribution >= 4 is 15.9 Å². The number of halogens is 4. The van der Waals surface area contributed by atoms with E-state index in [-0.39, 0.29) is 12.2 Å². The quantitative estimate of drug-likeness (QED) is 0.930. The minimum absolute atomic E-state index is 0.0394.